The van der Waals surface area contributed by atoms with Crippen LogP contribution in [0.15, 0.2) is 36.9 Å². The minimum Gasteiger partial charge on any atom is -0.384 e. The number of aromatic nitrogens is 2. The number of aryl methyl sites for hydroxylation is 1. The van der Waals surface area contributed by atoms with Crippen molar-refractivity contribution in [3.05, 3.63) is 47.5 Å². The molecule has 0 amide bonds. The molecule has 5 heteroatoms. The van der Waals surface area contributed by atoms with Crippen LogP contribution in [-0.2, 0) is 6.54 Å². The molecule has 0 saturated carbocycles. The van der Waals surface area contributed by atoms with E-state index in [0.717, 1.165) is 31.6 Å². The second-order valence-corrected chi connectivity index (χ2v) is 4.67. The van der Waals surface area contributed by atoms with Crippen LogP contribution in [0.5, 0.6) is 0 Å². The predicted octanol–water partition coefficient (Wildman–Crippen LogP) is 3.30. The van der Waals surface area contributed by atoms with Crippen molar-refractivity contribution < 1.29 is 0 Å². The fourth-order valence-corrected chi connectivity index (χ4v) is 1.99. The topological polar surface area (TPSA) is 53.6 Å². The maximum Gasteiger partial charge on any atom is 0.101 e. The highest BCUT2D eigenvalue weighted by atomic mass is 35.5. The van der Waals surface area contributed by atoms with Crippen LogP contribution in [0.2, 0.25) is 5.02 Å². The molecular weight excluding hydrogens is 260 g/mol. The van der Waals surface area contributed by atoms with E-state index in [0.29, 0.717) is 10.6 Å². The van der Waals surface area contributed by atoms with Gasteiger partial charge in [0.15, 0.2) is 0 Å². The van der Waals surface area contributed by atoms with E-state index < -0.39 is 0 Å². The van der Waals surface area contributed by atoms with Crippen molar-refractivity contribution in [3.63, 3.8) is 0 Å². The number of anilines is 1. The van der Waals surface area contributed by atoms with Gasteiger partial charge in [-0.3, -0.25) is 0 Å². The van der Waals surface area contributed by atoms with Crippen molar-refractivity contribution in [3.8, 4) is 6.07 Å². The Hall–Kier alpha value is -1.99. The molecule has 0 spiro atoms. The summed E-state index contributed by atoms with van der Waals surface area (Å²) >= 11 is 5.92. The number of rotatable bonds is 6. The van der Waals surface area contributed by atoms with Gasteiger partial charge in [0.25, 0.3) is 0 Å². The summed E-state index contributed by atoms with van der Waals surface area (Å²) in [5, 5.41) is 12.9. The van der Waals surface area contributed by atoms with E-state index in [-0.39, 0.29) is 0 Å². The molecule has 1 N–H and O–H groups in total. The van der Waals surface area contributed by atoms with Crippen molar-refractivity contribution in [2.24, 2.45) is 0 Å². The van der Waals surface area contributed by atoms with Gasteiger partial charge in [0.2, 0.25) is 0 Å². The average Bonchev–Trinajstić information content (AvgIpc) is 2.92. The number of halogens is 1. The van der Waals surface area contributed by atoms with Crippen LogP contribution in [0, 0.1) is 11.3 Å². The third-order valence-corrected chi connectivity index (χ3v) is 3.05. The molecular formula is C14H15ClN4. The standard InChI is InChI=1S/C14H15ClN4/c15-13-4-3-12(10-16)14(9-13)18-5-1-2-7-19-8-6-17-11-19/h3-4,6,8-9,11,18H,1-2,5,7H2. The van der Waals surface area contributed by atoms with Gasteiger partial charge in [-0.15, -0.1) is 0 Å². The van der Waals surface area contributed by atoms with Crippen molar-refractivity contribution in [2.45, 2.75) is 19.4 Å². The van der Waals surface area contributed by atoms with Crippen molar-refractivity contribution in [1.82, 2.24) is 9.55 Å². The third-order valence-electron chi connectivity index (χ3n) is 2.82. The van der Waals surface area contributed by atoms with E-state index in [9.17, 15) is 0 Å². The van der Waals surface area contributed by atoms with Gasteiger partial charge >= 0.3 is 0 Å². The van der Waals surface area contributed by atoms with E-state index in [1.165, 1.54) is 0 Å². The minimum absolute atomic E-state index is 0.624. The lowest BCUT2D eigenvalue weighted by Crippen LogP contribution is -2.05. The molecule has 2 rings (SSSR count). The lowest BCUT2D eigenvalue weighted by molar-refractivity contribution is 0.621. The highest BCUT2D eigenvalue weighted by molar-refractivity contribution is 6.30. The molecule has 1 aromatic carbocycles. The van der Waals surface area contributed by atoms with Gasteiger partial charge in [-0.2, -0.15) is 5.26 Å². The fourth-order valence-electron chi connectivity index (χ4n) is 1.82. The molecule has 0 aliphatic heterocycles. The Morgan fingerprint density at radius 3 is 3.00 bits per heavy atom. The van der Waals surface area contributed by atoms with Crippen molar-refractivity contribution in [1.29, 1.82) is 5.26 Å². The van der Waals surface area contributed by atoms with E-state index in [1.54, 1.807) is 24.4 Å². The zero-order valence-electron chi connectivity index (χ0n) is 10.5. The Morgan fingerprint density at radius 1 is 1.37 bits per heavy atom. The Morgan fingerprint density at radius 2 is 2.26 bits per heavy atom. The number of unbranched alkanes of at least 4 members (excludes halogenated alkanes) is 1. The Bertz CT molecular complexity index is 557. The van der Waals surface area contributed by atoms with Crippen LogP contribution < -0.4 is 5.32 Å². The number of benzene rings is 1. The number of nitriles is 1. The normalized spacial score (nSPS) is 10.1. The lowest BCUT2D eigenvalue weighted by Gasteiger charge is -2.08. The van der Waals surface area contributed by atoms with Gasteiger partial charge in [-0.05, 0) is 31.0 Å². The first kappa shape index (κ1) is 13.4. The molecule has 0 bridgehead atoms. The highest BCUT2D eigenvalue weighted by Gasteiger charge is 2.01. The molecule has 98 valence electrons. The number of nitrogens with one attached hydrogen (secondary N) is 1. The first-order valence-electron chi connectivity index (χ1n) is 6.19. The highest BCUT2D eigenvalue weighted by Crippen LogP contribution is 2.20. The fraction of sp³-hybridized carbons (Fsp3) is 0.286. The Kier molecular flexibility index (Phi) is 4.82. The van der Waals surface area contributed by atoms with Gasteiger partial charge < -0.3 is 9.88 Å². The predicted molar refractivity (Wildman–Crippen MR) is 76.1 cm³/mol. The largest absolute Gasteiger partial charge is 0.384 e. The molecule has 0 radical (unpaired) electrons. The number of hydrogen-bond acceptors (Lipinski definition) is 3. The van der Waals surface area contributed by atoms with E-state index in [1.807, 2.05) is 12.5 Å². The zero-order chi connectivity index (χ0) is 13.5. The number of hydrogen-bond donors (Lipinski definition) is 1. The molecule has 2 aromatic rings. The van der Waals surface area contributed by atoms with E-state index in [2.05, 4.69) is 20.9 Å². The molecule has 0 saturated heterocycles. The van der Waals surface area contributed by atoms with Crippen LogP contribution in [0.25, 0.3) is 0 Å². The molecule has 0 aliphatic rings. The Labute approximate surface area is 117 Å². The molecule has 19 heavy (non-hydrogen) atoms. The smallest absolute Gasteiger partial charge is 0.101 e. The summed E-state index contributed by atoms with van der Waals surface area (Å²) in [6, 6.07) is 7.40. The summed E-state index contributed by atoms with van der Waals surface area (Å²) in [5.41, 5.74) is 1.43. The van der Waals surface area contributed by atoms with Crippen LogP contribution in [0.4, 0.5) is 5.69 Å². The maximum absolute atomic E-state index is 8.99. The monoisotopic (exact) mass is 274 g/mol. The average molecular weight is 275 g/mol. The van der Waals surface area contributed by atoms with Gasteiger partial charge in [-0.1, -0.05) is 11.6 Å². The summed E-state index contributed by atoms with van der Waals surface area (Å²) in [7, 11) is 0. The molecule has 0 atom stereocenters. The summed E-state index contributed by atoms with van der Waals surface area (Å²) < 4.78 is 2.06. The molecule has 0 unspecified atom stereocenters. The van der Waals surface area contributed by atoms with Gasteiger partial charge in [0, 0.05) is 30.5 Å². The van der Waals surface area contributed by atoms with Gasteiger partial charge in [-0.25, -0.2) is 4.98 Å². The van der Waals surface area contributed by atoms with Crippen LogP contribution in [0.3, 0.4) is 0 Å². The lowest BCUT2D eigenvalue weighted by atomic mass is 10.2. The second kappa shape index (κ2) is 6.81. The molecule has 4 nitrogen and oxygen atoms in total. The summed E-state index contributed by atoms with van der Waals surface area (Å²) in [5.74, 6) is 0. The molecule has 1 aromatic heterocycles. The van der Waals surface area contributed by atoms with Crippen LogP contribution in [0.1, 0.15) is 18.4 Å². The summed E-state index contributed by atoms with van der Waals surface area (Å²) in [4.78, 5) is 4.00. The van der Waals surface area contributed by atoms with E-state index >= 15 is 0 Å². The Balaban J connectivity index is 1.76. The van der Waals surface area contributed by atoms with Crippen LogP contribution in [-0.4, -0.2) is 16.1 Å². The van der Waals surface area contributed by atoms with Gasteiger partial charge in [0.05, 0.1) is 17.6 Å². The number of nitrogens with zero attached hydrogens (tertiary/aromatic N) is 3. The molecule has 0 fully saturated rings. The quantitative estimate of drug-likeness (QED) is 0.822. The molecule has 0 aliphatic carbocycles. The zero-order valence-corrected chi connectivity index (χ0v) is 11.3. The van der Waals surface area contributed by atoms with E-state index in [4.69, 9.17) is 16.9 Å². The maximum atomic E-state index is 8.99. The van der Waals surface area contributed by atoms with Gasteiger partial charge in [0.1, 0.15) is 6.07 Å². The first-order chi connectivity index (χ1) is 9.29. The summed E-state index contributed by atoms with van der Waals surface area (Å²) in [6.07, 6.45) is 7.64. The molecule has 1 heterocycles. The van der Waals surface area contributed by atoms with Crippen molar-refractivity contribution >= 4 is 17.3 Å². The first-order valence-corrected chi connectivity index (χ1v) is 6.56. The summed E-state index contributed by atoms with van der Waals surface area (Å²) in [6.45, 7) is 1.78. The third kappa shape index (κ3) is 4.01. The number of imidazole rings is 1. The van der Waals surface area contributed by atoms with Crippen LogP contribution >= 0.6 is 11.6 Å². The SMILES string of the molecule is N#Cc1ccc(Cl)cc1NCCCCn1ccnc1. The van der Waals surface area contributed by atoms with Crippen molar-refractivity contribution in [2.75, 3.05) is 11.9 Å². The minimum atomic E-state index is 0.624. The second-order valence-electron chi connectivity index (χ2n) is 4.24.